The molecule has 0 aliphatic heterocycles. The van der Waals surface area contributed by atoms with Crippen molar-refractivity contribution in [1.82, 2.24) is 9.55 Å². The van der Waals surface area contributed by atoms with Gasteiger partial charge in [0, 0.05) is 24.1 Å². The number of hydrogen-bond donors (Lipinski definition) is 1. The summed E-state index contributed by atoms with van der Waals surface area (Å²) >= 11 is 5.83. The molecular formula is C21H16ClF3N4O5. The van der Waals surface area contributed by atoms with Crippen molar-refractivity contribution >= 4 is 11.6 Å². The number of nitriles is 1. The molecule has 0 saturated heterocycles. The average Bonchev–Trinajstić information content (AvgIpc) is 2.77. The van der Waals surface area contributed by atoms with Crippen LogP contribution in [0.3, 0.4) is 0 Å². The lowest BCUT2D eigenvalue weighted by Gasteiger charge is -2.17. The predicted octanol–water partition coefficient (Wildman–Crippen LogP) is 2.86. The second kappa shape index (κ2) is 9.98. The lowest BCUT2D eigenvalue weighted by atomic mass is 10.2. The number of aromatic nitrogens is 3. The van der Waals surface area contributed by atoms with Crippen molar-refractivity contribution in [3.63, 3.8) is 0 Å². The highest BCUT2D eigenvalue weighted by molar-refractivity contribution is 6.30. The summed E-state index contributed by atoms with van der Waals surface area (Å²) in [5.74, 6) is -6.42. The summed E-state index contributed by atoms with van der Waals surface area (Å²) in [5.41, 5.74) is -2.71. The van der Waals surface area contributed by atoms with Crippen LogP contribution in [0.2, 0.25) is 5.02 Å². The molecule has 0 spiro atoms. The number of rotatable bonds is 8. The molecule has 0 aliphatic rings. The standard InChI is InChI=1S/C21H16ClF3N4O5/c1-21(24,25)19-18(34-16-7-13(22)6-12(8-26)17(16)23)20(31)28(11-27-19)9-14-2-3-15(10-29(14)32)33-5-4-30/h2-3,6-7,10-11,30H,4-5,9H2,1H3. The van der Waals surface area contributed by atoms with Crippen molar-refractivity contribution in [1.29, 1.82) is 5.26 Å². The van der Waals surface area contributed by atoms with Gasteiger partial charge in [0.05, 0.1) is 18.5 Å². The molecule has 9 nitrogen and oxygen atoms in total. The van der Waals surface area contributed by atoms with Gasteiger partial charge in [-0.1, -0.05) is 11.6 Å². The van der Waals surface area contributed by atoms with Crippen molar-refractivity contribution in [2.45, 2.75) is 19.4 Å². The van der Waals surface area contributed by atoms with E-state index in [9.17, 15) is 23.2 Å². The van der Waals surface area contributed by atoms with Crippen molar-refractivity contribution in [2.24, 2.45) is 0 Å². The van der Waals surface area contributed by atoms with Crippen LogP contribution in [0.4, 0.5) is 13.2 Å². The van der Waals surface area contributed by atoms with Gasteiger partial charge in [-0.3, -0.25) is 9.36 Å². The van der Waals surface area contributed by atoms with Gasteiger partial charge < -0.3 is 19.8 Å². The first kappa shape index (κ1) is 24.8. The van der Waals surface area contributed by atoms with Crippen molar-refractivity contribution in [3.8, 4) is 23.3 Å². The molecule has 0 atom stereocenters. The van der Waals surface area contributed by atoms with Gasteiger partial charge in [0.25, 0.3) is 11.5 Å². The number of ether oxygens (including phenoxy) is 2. The Labute approximate surface area is 195 Å². The Hall–Kier alpha value is -3.82. The molecule has 34 heavy (non-hydrogen) atoms. The zero-order valence-electron chi connectivity index (χ0n) is 17.5. The van der Waals surface area contributed by atoms with Crippen LogP contribution < -0.4 is 19.8 Å². The molecule has 2 aromatic heterocycles. The summed E-state index contributed by atoms with van der Waals surface area (Å²) in [5, 5.41) is 29.9. The molecule has 0 saturated carbocycles. The minimum Gasteiger partial charge on any atom is -0.618 e. The van der Waals surface area contributed by atoms with E-state index in [1.165, 1.54) is 12.1 Å². The molecule has 1 N–H and O–H groups in total. The lowest BCUT2D eigenvalue weighted by Crippen LogP contribution is -2.35. The molecule has 0 radical (unpaired) electrons. The Morgan fingerprint density at radius 1 is 1.38 bits per heavy atom. The van der Waals surface area contributed by atoms with Gasteiger partial charge in [0.1, 0.15) is 19.2 Å². The van der Waals surface area contributed by atoms with Crippen LogP contribution in [0.15, 0.2) is 41.6 Å². The van der Waals surface area contributed by atoms with E-state index in [2.05, 4.69) is 4.98 Å². The first-order valence-electron chi connectivity index (χ1n) is 9.55. The van der Waals surface area contributed by atoms with E-state index < -0.39 is 46.6 Å². The Kier molecular flexibility index (Phi) is 7.29. The van der Waals surface area contributed by atoms with Crippen LogP contribution in [-0.4, -0.2) is 27.9 Å². The van der Waals surface area contributed by atoms with E-state index in [-0.39, 0.29) is 29.7 Å². The van der Waals surface area contributed by atoms with Gasteiger partial charge in [0.2, 0.25) is 17.6 Å². The number of aliphatic hydroxyl groups is 1. The van der Waals surface area contributed by atoms with E-state index >= 15 is 0 Å². The van der Waals surface area contributed by atoms with Gasteiger partial charge >= 0.3 is 0 Å². The van der Waals surface area contributed by atoms with Crippen LogP contribution in [0.5, 0.6) is 17.2 Å². The fraction of sp³-hybridized carbons (Fsp3) is 0.238. The summed E-state index contributed by atoms with van der Waals surface area (Å²) in [7, 11) is 0. The highest BCUT2D eigenvalue weighted by Crippen LogP contribution is 2.35. The number of benzene rings is 1. The summed E-state index contributed by atoms with van der Waals surface area (Å²) in [6, 6.07) is 6.20. The Morgan fingerprint density at radius 2 is 2.12 bits per heavy atom. The second-order valence-electron chi connectivity index (χ2n) is 6.98. The number of aliphatic hydroxyl groups excluding tert-OH is 1. The molecule has 178 valence electrons. The molecule has 0 aliphatic carbocycles. The molecule has 1 aromatic carbocycles. The molecule has 3 aromatic rings. The normalized spacial score (nSPS) is 11.2. The van der Waals surface area contributed by atoms with E-state index in [4.69, 9.17) is 31.4 Å². The highest BCUT2D eigenvalue weighted by atomic mass is 35.5. The summed E-state index contributed by atoms with van der Waals surface area (Å²) in [6.45, 7) is -0.230. The molecule has 0 fully saturated rings. The largest absolute Gasteiger partial charge is 0.618 e. The maximum atomic E-state index is 14.5. The number of nitrogens with zero attached hydrogens (tertiary/aromatic N) is 4. The maximum Gasteiger partial charge on any atom is 0.297 e. The third-order valence-electron chi connectivity index (χ3n) is 4.41. The summed E-state index contributed by atoms with van der Waals surface area (Å²) in [4.78, 5) is 16.6. The number of hydrogen-bond acceptors (Lipinski definition) is 7. The SMILES string of the molecule is CC(F)(F)c1ncn(Cc2ccc(OCCO)c[n+]2[O-])c(=O)c1Oc1cc(Cl)cc(C#N)c1F. The van der Waals surface area contributed by atoms with Crippen LogP contribution >= 0.6 is 11.6 Å². The van der Waals surface area contributed by atoms with E-state index in [0.29, 0.717) is 11.7 Å². The monoisotopic (exact) mass is 496 g/mol. The third-order valence-corrected chi connectivity index (χ3v) is 4.63. The number of alkyl halides is 2. The maximum absolute atomic E-state index is 14.5. The average molecular weight is 497 g/mol. The van der Waals surface area contributed by atoms with E-state index in [0.717, 1.165) is 29.2 Å². The van der Waals surface area contributed by atoms with Crippen LogP contribution in [0, 0.1) is 22.4 Å². The molecule has 0 unspecified atom stereocenters. The van der Waals surface area contributed by atoms with E-state index in [1.54, 1.807) is 6.07 Å². The smallest absolute Gasteiger partial charge is 0.297 e. The number of halogens is 4. The lowest BCUT2D eigenvalue weighted by molar-refractivity contribution is -0.614. The summed E-state index contributed by atoms with van der Waals surface area (Å²) < 4.78 is 54.3. The van der Waals surface area contributed by atoms with Gasteiger partial charge in [-0.2, -0.15) is 18.8 Å². The first-order chi connectivity index (χ1) is 16.0. The second-order valence-corrected chi connectivity index (χ2v) is 7.41. The van der Waals surface area contributed by atoms with Gasteiger partial charge in [0.15, 0.2) is 23.0 Å². The van der Waals surface area contributed by atoms with Crippen LogP contribution in [0.1, 0.15) is 23.9 Å². The molecule has 0 amide bonds. The fourth-order valence-electron chi connectivity index (χ4n) is 2.86. The van der Waals surface area contributed by atoms with E-state index in [1.807, 2.05) is 0 Å². The Bertz CT molecular complexity index is 1320. The van der Waals surface area contributed by atoms with Crippen LogP contribution in [-0.2, 0) is 12.5 Å². The fourth-order valence-corrected chi connectivity index (χ4v) is 3.06. The number of pyridine rings is 1. The van der Waals surface area contributed by atoms with Crippen molar-refractivity contribution < 1.29 is 32.5 Å². The van der Waals surface area contributed by atoms with Gasteiger partial charge in [-0.15, -0.1) is 0 Å². The minimum atomic E-state index is -3.65. The first-order valence-corrected chi connectivity index (χ1v) is 9.93. The van der Waals surface area contributed by atoms with Crippen molar-refractivity contribution in [2.75, 3.05) is 13.2 Å². The third kappa shape index (κ3) is 5.38. The van der Waals surface area contributed by atoms with Gasteiger partial charge in [-0.05, 0) is 12.1 Å². The highest BCUT2D eigenvalue weighted by Gasteiger charge is 2.34. The molecular weight excluding hydrogens is 481 g/mol. The Balaban J connectivity index is 2.05. The van der Waals surface area contributed by atoms with Crippen molar-refractivity contribution in [3.05, 3.63) is 80.1 Å². The molecule has 13 heteroatoms. The van der Waals surface area contributed by atoms with Crippen LogP contribution in [0.25, 0.3) is 0 Å². The molecule has 2 heterocycles. The quantitative estimate of drug-likeness (QED) is 0.375. The summed E-state index contributed by atoms with van der Waals surface area (Å²) in [6.07, 6.45) is 1.85. The zero-order chi connectivity index (χ0) is 25.0. The molecule has 0 bridgehead atoms. The Morgan fingerprint density at radius 3 is 2.74 bits per heavy atom. The molecule has 3 rings (SSSR count). The zero-order valence-corrected chi connectivity index (χ0v) is 18.2. The van der Waals surface area contributed by atoms with Gasteiger partial charge in [-0.25, -0.2) is 9.37 Å². The topological polar surface area (TPSA) is 124 Å². The minimum absolute atomic E-state index is 0.0166. The predicted molar refractivity (Wildman–Crippen MR) is 111 cm³/mol.